The minimum atomic E-state index is 0. The van der Waals surface area contributed by atoms with Gasteiger partial charge in [0, 0.05) is 50.3 Å². The fraction of sp³-hybridized carbons (Fsp3) is 0.444. The van der Waals surface area contributed by atoms with E-state index in [9.17, 15) is 4.79 Å². The normalized spacial score (nSPS) is 20.8. The van der Waals surface area contributed by atoms with E-state index in [4.69, 9.17) is 0 Å². The number of para-hydroxylation sites is 1. The van der Waals surface area contributed by atoms with Crippen molar-refractivity contribution in [3.8, 4) is 0 Å². The summed E-state index contributed by atoms with van der Waals surface area (Å²) in [7, 11) is 0. The van der Waals surface area contributed by atoms with Crippen molar-refractivity contribution in [1.29, 1.82) is 0 Å². The van der Waals surface area contributed by atoms with Crippen LogP contribution in [0.25, 0.3) is 10.9 Å². The van der Waals surface area contributed by atoms with Gasteiger partial charge < -0.3 is 10.2 Å². The highest BCUT2D eigenvalue weighted by Gasteiger charge is 2.28. The maximum atomic E-state index is 12.9. The van der Waals surface area contributed by atoms with E-state index in [-0.39, 0.29) is 30.7 Å². The molecule has 0 spiro atoms. The predicted octanol–water partition coefficient (Wildman–Crippen LogP) is 2.20. The Kier molecular flexibility index (Phi) is 7.02. The van der Waals surface area contributed by atoms with Crippen LogP contribution < -0.4 is 5.32 Å². The smallest absolute Gasteiger partial charge is 0.256 e. The average Bonchev–Trinajstić information content (AvgIpc) is 3.15. The number of benzene rings is 1. The Morgan fingerprint density at radius 2 is 1.84 bits per heavy atom. The average molecular weight is 383 g/mol. The van der Waals surface area contributed by atoms with Crippen LogP contribution in [0.5, 0.6) is 0 Å². The zero-order chi connectivity index (χ0) is 15.6. The maximum absolute atomic E-state index is 12.9. The number of piperazine rings is 1. The molecule has 3 heterocycles. The molecule has 0 saturated carbocycles. The molecule has 2 fully saturated rings. The Labute approximate surface area is 160 Å². The van der Waals surface area contributed by atoms with Gasteiger partial charge in [-0.2, -0.15) is 0 Å². The topological polar surface area (TPSA) is 48.5 Å². The van der Waals surface area contributed by atoms with E-state index in [0.717, 1.165) is 55.7 Å². The van der Waals surface area contributed by atoms with Crippen LogP contribution in [0, 0.1) is 0 Å². The molecule has 0 bridgehead atoms. The first-order valence-electron chi connectivity index (χ1n) is 8.41. The number of carbonyl (C=O) groups excluding carboxylic acids is 1. The van der Waals surface area contributed by atoms with E-state index in [1.54, 1.807) is 6.20 Å². The number of nitrogens with zero attached hydrogens (tertiary/aromatic N) is 3. The first-order valence-corrected chi connectivity index (χ1v) is 8.41. The van der Waals surface area contributed by atoms with Crippen molar-refractivity contribution in [1.82, 2.24) is 20.1 Å². The highest BCUT2D eigenvalue weighted by atomic mass is 35.5. The van der Waals surface area contributed by atoms with Crippen molar-refractivity contribution in [3.63, 3.8) is 0 Å². The molecule has 4 rings (SSSR count). The van der Waals surface area contributed by atoms with Crippen LogP contribution in [0.15, 0.2) is 36.5 Å². The third-order valence-electron chi connectivity index (χ3n) is 5.02. The van der Waals surface area contributed by atoms with Crippen LogP contribution in [0.4, 0.5) is 0 Å². The van der Waals surface area contributed by atoms with Gasteiger partial charge in [0.15, 0.2) is 0 Å². The second kappa shape index (κ2) is 8.81. The number of aromatic nitrogens is 1. The minimum Gasteiger partial charge on any atom is -0.336 e. The van der Waals surface area contributed by atoms with Gasteiger partial charge in [0.25, 0.3) is 5.91 Å². The fourth-order valence-electron chi connectivity index (χ4n) is 3.69. The van der Waals surface area contributed by atoms with Crippen LogP contribution in [0.1, 0.15) is 16.8 Å². The lowest BCUT2D eigenvalue weighted by Gasteiger charge is -2.37. The number of hydrogen-bond acceptors (Lipinski definition) is 4. The van der Waals surface area contributed by atoms with E-state index >= 15 is 0 Å². The summed E-state index contributed by atoms with van der Waals surface area (Å²) in [5.74, 6) is 0.110. The van der Waals surface area contributed by atoms with Crippen molar-refractivity contribution in [2.45, 2.75) is 12.5 Å². The lowest BCUT2D eigenvalue weighted by molar-refractivity contribution is 0.0585. The molecule has 1 N–H and O–H groups in total. The van der Waals surface area contributed by atoms with E-state index in [1.165, 1.54) is 6.42 Å². The molecule has 2 saturated heterocycles. The molecular formula is C18H24Cl2N4O. The summed E-state index contributed by atoms with van der Waals surface area (Å²) in [6.45, 7) is 5.75. The summed E-state index contributed by atoms with van der Waals surface area (Å²) >= 11 is 0. The summed E-state index contributed by atoms with van der Waals surface area (Å²) < 4.78 is 0. The maximum Gasteiger partial charge on any atom is 0.256 e. The van der Waals surface area contributed by atoms with Crippen molar-refractivity contribution in [2.24, 2.45) is 0 Å². The molecule has 136 valence electrons. The summed E-state index contributed by atoms with van der Waals surface area (Å²) in [6.07, 6.45) is 2.98. The molecule has 1 aromatic carbocycles. The largest absolute Gasteiger partial charge is 0.336 e. The van der Waals surface area contributed by atoms with E-state index < -0.39 is 0 Å². The molecule has 1 unspecified atom stereocenters. The molecule has 1 amide bonds. The Bertz CT molecular complexity index is 708. The quantitative estimate of drug-likeness (QED) is 0.864. The van der Waals surface area contributed by atoms with Crippen molar-refractivity contribution in [2.75, 3.05) is 39.3 Å². The molecule has 2 aliphatic rings. The molecule has 2 aromatic rings. The predicted molar refractivity (Wildman–Crippen MR) is 105 cm³/mol. The van der Waals surface area contributed by atoms with E-state index in [2.05, 4.69) is 15.2 Å². The van der Waals surface area contributed by atoms with Crippen LogP contribution in [-0.2, 0) is 0 Å². The van der Waals surface area contributed by atoms with Crippen LogP contribution in [-0.4, -0.2) is 66.0 Å². The van der Waals surface area contributed by atoms with Gasteiger partial charge in [-0.1, -0.05) is 18.2 Å². The van der Waals surface area contributed by atoms with Crippen LogP contribution in [0.3, 0.4) is 0 Å². The zero-order valence-electron chi connectivity index (χ0n) is 14.1. The Morgan fingerprint density at radius 3 is 2.56 bits per heavy atom. The standard InChI is InChI=1S/C18H22N4O.2ClH/c23-18(16-5-1-3-14-4-2-7-20-17(14)16)22-11-9-21(10-12-22)15-6-8-19-13-15;;/h1-5,7,15,19H,6,8-13H2;2*1H. The second-order valence-electron chi connectivity index (χ2n) is 6.36. The van der Waals surface area contributed by atoms with Gasteiger partial charge >= 0.3 is 0 Å². The van der Waals surface area contributed by atoms with Crippen LogP contribution in [0.2, 0.25) is 0 Å². The number of halogens is 2. The van der Waals surface area contributed by atoms with Gasteiger partial charge in [0.05, 0.1) is 11.1 Å². The number of nitrogens with one attached hydrogen (secondary N) is 1. The molecular weight excluding hydrogens is 359 g/mol. The van der Waals surface area contributed by atoms with Gasteiger partial charge in [0.1, 0.15) is 0 Å². The fourth-order valence-corrected chi connectivity index (χ4v) is 3.69. The first kappa shape index (κ1) is 19.9. The van der Waals surface area contributed by atoms with Crippen LogP contribution >= 0.6 is 24.8 Å². The van der Waals surface area contributed by atoms with Gasteiger partial charge in [-0.05, 0) is 25.1 Å². The third-order valence-corrected chi connectivity index (χ3v) is 5.02. The summed E-state index contributed by atoms with van der Waals surface area (Å²) in [5, 5.41) is 4.44. The van der Waals surface area contributed by atoms with Crippen molar-refractivity contribution in [3.05, 3.63) is 42.1 Å². The van der Waals surface area contributed by atoms with E-state index in [0.29, 0.717) is 6.04 Å². The van der Waals surface area contributed by atoms with Gasteiger partial charge in [-0.25, -0.2) is 0 Å². The Hall–Kier alpha value is -1.40. The summed E-state index contributed by atoms with van der Waals surface area (Å²) in [6, 6.07) is 10.4. The highest BCUT2D eigenvalue weighted by Crippen LogP contribution is 2.19. The molecule has 5 nitrogen and oxygen atoms in total. The minimum absolute atomic E-state index is 0. The molecule has 1 atom stereocenters. The highest BCUT2D eigenvalue weighted by molar-refractivity contribution is 6.05. The van der Waals surface area contributed by atoms with Crippen molar-refractivity contribution < 1.29 is 4.79 Å². The lowest BCUT2D eigenvalue weighted by atomic mass is 10.1. The van der Waals surface area contributed by atoms with Gasteiger partial charge in [0.2, 0.25) is 0 Å². The molecule has 25 heavy (non-hydrogen) atoms. The zero-order valence-corrected chi connectivity index (χ0v) is 15.7. The molecule has 0 aliphatic carbocycles. The number of pyridine rings is 1. The number of amides is 1. The molecule has 0 radical (unpaired) electrons. The number of fused-ring (bicyclic) bond motifs is 1. The second-order valence-corrected chi connectivity index (χ2v) is 6.36. The molecule has 7 heteroatoms. The summed E-state index contributed by atoms with van der Waals surface area (Å²) in [5.41, 5.74) is 1.53. The molecule has 1 aromatic heterocycles. The molecule has 2 aliphatic heterocycles. The number of carbonyl (C=O) groups is 1. The first-order chi connectivity index (χ1) is 11.3. The lowest BCUT2D eigenvalue weighted by Crippen LogP contribution is -2.52. The number of rotatable bonds is 2. The number of hydrogen-bond donors (Lipinski definition) is 1. The Balaban J connectivity index is 0.00000113. The summed E-state index contributed by atoms with van der Waals surface area (Å²) in [4.78, 5) is 21.8. The van der Waals surface area contributed by atoms with Gasteiger partial charge in [-0.3, -0.25) is 14.7 Å². The third kappa shape index (κ3) is 4.06. The van der Waals surface area contributed by atoms with Gasteiger partial charge in [-0.15, -0.1) is 24.8 Å². The monoisotopic (exact) mass is 382 g/mol. The van der Waals surface area contributed by atoms with E-state index in [1.807, 2.05) is 35.2 Å². The SMILES string of the molecule is Cl.Cl.O=C(c1cccc2cccnc12)N1CCN(C2CCNC2)CC1. The Morgan fingerprint density at radius 1 is 1.08 bits per heavy atom. The van der Waals surface area contributed by atoms with Crippen molar-refractivity contribution >= 4 is 41.6 Å².